The maximum atomic E-state index is 12.4. The van der Waals surface area contributed by atoms with Crippen LogP contribution in [0.5, 0.6) is 5.75 Å². The van der Waals surface area contributed by atoms with E-state index in [-0.39, 0.29) is 11.7 Å². The summed E-state index contributed by atoms with van der Waals surface area (Å²) in [5.74, 6) is 0.237. The standard InChI is InChI=1S/C14H14N2O2S/c1-14(12(18)16-13-15-4-5-19-13)7-9-2-3-11(17)6-10(9)8-14/h2-6,17H,7-8H2,1H3,(H,15,16,18)/t14-/m1/s1. The first-order valence-electron chi connectivity index (χ1n) is 6.08. The lowest BCUT2D eigenvalue weighted by Gasteiger charge is -2.21. The van der Waals surface area contributed by atoms with Crippen molar-refractivity contribution in [2.24, 2.45) is 5.41 Å². The van der Waals surface area contributed by atoms with Gasteiger partial charge in [0.15, 0.2) is 5.13 Å². The van der Waals surface area contributed by atoms with E-state index in [1.807, 2.05) is 18.4 Å². The van der Waals surface area contributed by atoms with Crippen LogP contribution in [-0.2, 0) is 17.6 Å². The number of hydrogen-bond acceptors (Lipinski definition) is 4. The molecular weight excluding hydrogens is 260 g/mol. The first-order chi connectivity index (χ1) is 9.07. The van der Waals surface area contributed by atoms with E-state index >= 15 is 0 Å². The number of carbonyl (C=O) groups excluding carboxylic acids is 1. The SMILES string of the molecule is C[C@@]1(C(=O)Nc2nccs2)Cc2ccc(O)cc2C1. The largest absolute Gasteiger partial charge is 0.508 e. The highest BCUT2D eigenvalue weighted by Gasteiger charge is 2.39. The Balaban J connectivity index is 1.81. The summed E-state index contributed by atoms with van der Waals surface area (Å²) in [6.45, 7) is 1.95. The van der Waals surface area contributed by atoms with Crippen molar-refractivity contribution in [3.63, 3.8) is 0 Å². The van der Waals surface area contributed by atoms with Crippen LogP contribution in [0.2, 0.25) is 0 Å². The number of phenols is 1. The number of benzene rings is 1. The highest BCUT2D eigenvalue weighted by molar-refractivity contribution is 7.13. The molecule has 1 aromatic carbocycles. The number of carbonyl (C=O) groups is 1. The van der Waals surface area contributed by atoms with Crippen LogP contribution < -0.4 is 5.32 Å². The number of hydrogen-bond donors (Lipinski definition) is 2. The highest BCUT2D eigenvalue weighted by Crippen LogP contribution is 2.39. The van der Waals surface area contributed by atoms with Crippen molar-refractivity contribution in [3.05, 3.63) is 40.9 Å². The number of thiazole rings is 1. The zero-order valence-corrected chi connectivity index (χ0v) is 11.3. The molecule has 1 heterocycles. The fourth-order valence-electron chi connectivity index (χ4n) is 2.55. The molecule has 1 aliphatic rings. The minimum absolute atomic E-state index is 0.0156. The van der Waals surface area contributed by atoms with Crippen LogP contribution in [0, 0.1) is 5.41 Å². The van der Waals surface area contributed by atoms with Gasteiger partial charge in [-0.05, 0) is 36.1 Å². The number of nitrogens with zero attached hydrogens (tertiary/aromatic N) is 1. The van der Waals surface area contributed by atoms with Crippen molar-refractivity contribution in [1.29, 1.82) is 0 Å². The van der Waals surface area contributed by atoms with Crippen molar-refractivity contribution in [3.8, 4) is 5.75 Å². The second-order valence-electron chi connectivity index (χ2n) is 5.16. The summed E-state index contributed by atoms with van der Waals surface area (Å²) < 4.78 is 0. The fraction of sp³-hybridized carbons (Fsp3) is 0.286. The molecule has 3 rings (SSSR count). The number of rotatable bonds is 2. The van der Waals surface area contributed by atoms with Crippen LogP contribution in [0.1, 0.15) is 18.1 Å². The van der Waals surface area contributed by atoms with Gasteiger partial charge in [0.05, 0.1) is 5.41 Å². The molecule has 5 heteroatoms. The number of phenolic OH excluding ortho intramolecular Hbond substituents is 1. The van der Waals surface area contributed by atoms with Crippen molar-refractivity contribution >= 4 is 22.4 Å². The number of aromatic nitrogens is 1. The molecule has 4 nitrogen and oxygen atoms in total. The summed E-state index contributed by atoms with van der Waals surface area (Å²) in [6, 6.07) is 5.31. The van der Waals surface area contributed by atoms with Crippen molar-refractivity contribution < 1.29 is 9.90 Å². The molecule has 0 unspecified atom stereocenters. The molecule has 1 atom stereocenters. The van der Waals surface area contributed by atoms with Gasteiger partial charge in [-0.25, -0.2) is 4.98 Å². The number of fused-ring (bicyclic) bond motifs is 1. The second kappa shape index (κ2) is 4.35. The number of anilines is 1. The van der Waals surface area contributed by atoms with Crippen LogP contribution in [0.3, 0.4) is 0 Å². The fourth-order valence-corrected chi connectivity index (χ4v) is 3.07. The molecule has 19 heavy (non-hydrogen) atoms. The molecule has 0 radical (unpaired) electrons. The Labute approximate surface area is 115 Å². The number of aromatic hydroxyl groups is 1. The topological polar surface area (TPSA) is 62.2 Å². The lowest BCUT2D eigenvalue weighted by atomic mass is 9.86. The average molecular weight is 274 g/mol. The van der Waals surface area contributed by atoms with Crippen molar-refractivity contribution in [2.75, 3.05) is 5.32 Å². The van der Waals surface area contributed by atoms with E-state index in [0.29, 0.717) is 18.0 Å². The Kier molecular flexibility index (Phi) is 2.78. The minimum atomic E-state index is -0.470. The molecule has 0 spiro atoms. The van der Waals surface area contributed by atoms with E-state index < -0.39 is 5.41 Å². The maximum Gasteiger partial charge on any atom is 0.232 e. The summed E-state index contributed by atoms with van der Waals surface area (Å²) in [7, 11) is 0. The van der Waals surface area contributed by atoms with E-state index in [2.05, 4.69) is 10.3 Å². The molecule has 0 bridgehead atoms. The zero-order valence-electron chi connectivity index (χ0n) is 10.5. The summed E-state index contributed by atoms with van der Waals surface area (Å²) in [5.41, 5.74) is 1.72. The molecule has 0 aliphatic heterocycles. The van der Waals surface area contributed by atoms with Crippen molar-refractivity contribution in [2.45, 2.75) is 19.8 Å². The molecule has 1 aliphatic carbocycles. The molecule has 1 aromatic heterocycles. The van der Waals surface area contributed by atoms with Gasteiger partial charge in [0.1, 0.15) is 5.75 Å². The monoisotopic (exact) mass is 274 g/mol. The molecule has 0 fully saturated rings. The van der Waals surface area contributed by atoms with E-state index in [4.69, 9.17) is 0 Å². The molecule has 0 saturated carbocycles. The predicted molar refractivity (Wildman–Crippen MR) is 74.4 cm³/mol. The Morgan fingerprint density at radius 2 is 2.21 bits per heavy atom. The quantitative estimate of drug-likeness (QED) is 0.884. The van der Waals surface area contributed by atoms with Gasteiger partial charge in [0.25, 0.3) is 0 Å². The van der Waals surface area contributed by atoms with Crippen LogP contribution >= 0.6 is 11.3 Å². The number of nitrogens with one attached hydrogen (secondary N) is 1. The van der Waals surface area contributed by atoms with Gasteiger partial charge in [0.2, 0.25) is 5.91 Å². The van der Waals surface area contributed by atoms with Gasteiger partial charge in [0, 0.05) is 11.6 Å². The molecule has 2 aromatic rings. The first-order valence-corrected chi connectivity index (χ1v) is 6.96. The summed E-state index contributed by atoms with van der Waals surface area (Å²) in [6.07, 6.45) is 3.01. The Hall–Kier alpha value is -1.88. The molecule has 0 saturated heterocycles. The van der Waals surface area contributed by atoms with E-state index in [0.717, 1.165) is 11.1 Å². The van der Waals surface area contributed by atoms with Gasteiger partial charge in [-0.2, -0.15) is 0 Å². The van der Waals surface area contributed by atoms with E-state index in [1.165, 1.54) is 11.3 Å². The molecule has 98 valence electrons. The van der Waals surface area contributed by atoms with Crippen LogP contribution in [0.25, 0.3) is 0 Å². The Morgan fingerprint density at radius 3 is 2.95 bits per heavy atom. The van der Waals surface area contributed by atoms with E-state index in [1.54, 1.807) is 18.3 Å². The normalized spacial score (nSPS) is 21.1. The Bertz CT molecular complexity index is 624. The zero-order chi connectivity index (χ0) is 13.5. The number of amides is 1. The maximum absolute atomic E-state index is 12.4. The summed E-state index contributed by atoms with van der Waals surface area (Å²) >= 11 is 1.41. The van der Waals surface area contributed by atoms with Gasteiger partial charge < -0.3 is 10.4 Å². The summed E-state index contributed by atoms with van der Waals surface area (Å²) in [5, 5.41) is 14.8. The van der Waals surface area contributed by atoms with Crippen LogP contribution in [-0.4, -0.2) is 16.0 Å². The van der Waals surface area contributed by atoms with Gasteiger partial charge >= 0.3 is 0 Å². The minimum Gasteiger partial charge on any atom is -0.508 e. The van der Waals surface area contributed by atoms with Gasteiger partial charge in [-0.3, -0.25) is 4.79 Å². The molecule has 2 N–H and O–H groups in total. The smallest absolute Gasteiger partial charge is 0.232 e. The predicted octanol–water partition coefficient (Wildman–Crippen LogP) is 2.59. The lowest BCUT2D eigenvalue weighted by molar-refractivity contribution is -0.124. The highest BCUT2D eigenvalue weighted by atomic mass is 32.1. The molecular formula is C14H14N2O2S. The third kappa shape index (κ3) is 2.21. The van der Waals surface area contributed by atoms with Crippen molar-refractivity contribution in [1.82, 2.24) is 4.98 Å². The van der Waals surface area contributed by atoms with Gasteiger partial charge in [-0.15, -0.1) is 11.3 Å². The van der Waals surface area contributed by atoms with E-state index in [9.17, 15) is 9.90 Å². The van der Waals surface area contributed by atoms with Gasteiger partial charge in [-0.1, -0.05) is 13.0 Å². The van der Waals surface area contributed by atoms with Crippen LogP contribution in [0.4, 0.5) is 5.13 Å². The Morgan fingerprint density at radius 1 is 1.42 bits per heavy atom. The third-order valence-corrected chi connectivity index (χ3v) is 4.24. The average Bonchev–Trinajstić information content (AvgIpc) is 2.96. The molecule has 1 amide bonds. The lowest BCUT2D eigenvalue weighted by Crippen LogP contribution is -2.34. The third-order valence-electron chi connectivity index (χ3n) is 3.55. The summed E-state index contributed by atoms with van der Waals surface area (Å²) in [4.78, 5) is 16.4. The first kappa shape index (κ1) is 12.2. The second-order valence-corrected chi connectivity index (χ2v) is 6.05. The van der Waals surface area contributed by atoms with Crippen LogP contribution in [0.15, 0.2) is 29.8 Å².